The van der Waals surface area contributed by atoms with Gasteiger partial charge >= 0.3 is 0 Å². The fourth-order valence-electron chi connectivity index (χ4n) is 11.3. The second kappa shape index (κ2) is 10.4. The zero-order valence-corrected chi connectivity index (χ0v) is 27.7. The van der Waals surface area contributed by atoms with Gasteiger partial charge in [0, 0.05) is 22.5 Å². The summed E-state index contributed by atoms with van der Waals surface area (Å²) in [6.07, 6.45) is 7.20. The summed E-state index contributed by atoms with van der Waals surface area (Å²) in [5.41, 5.74) is 12.5. The first-order valence-electron chi connectivity index (χ1n) is 18.4. The summed E-state index contributed by atoms with van der Waals surface area (Å²) in [7, 11) is 0. The third kappa shape index (κ3) is 3.99. The van der Waals surface area contributed by atoms with Crippen molar-refractivity contribution in [2.75, 3.05) is 4.90 Å². The van der Waals surface area contributed by atoms with Crippen molar-refractivity contribution < 1.29 is 0 Å². The molecule has 1 nitrogen and oxygen atoms in total. The Bertz CT molecular complexity index is 2370. The van der Waals surface area contributed by atoms with Crippen molar-refractivity contribution >= 4 is 38.6 Å². The molecule has 0 aromatic heterocycles. The highest BCUT2D eigenvalue weighted by molar-refractivity contribution is 6.08. The molecule has 0 saturated heterocycles. The highest BCUT2D eigenvalue weighted by atomic mass is 15.1. The minimum absolute atomic E-state index is 0.226. The fourth-order valence-corrected chi connectivity index (χ4v) is 11.3. The zero-order chi connectivity index (χ0) is 32.1. The molecule has 0 atom stereocenters. The zero-order valence-electron chi connectivity index (χ0n) is 27.7. The number of benzene rings is 7. The van der Waals surface area contributed by atoms with Crippen molar-refractivity contribution in [2.45, 2.75) is 37.5 Å². The highest BCUT2D eigenvalue weighted by Gasteiger charge is 2.61. The van der Waals surface area contributed by atoms with E-state index < -0.39 is 0 Å². The Labute approximate surface area is 288 Å². The summed E-state index contributed by atoms with van der Waals surface area (Å²) in [6, 6.07) is 57.0. The number of fused-ring (bicyclic) bond motifs is 6. The molecule has 12 rings (SSSR count). The third-order valence-electron chi connectivity index (χ3n) is 13.0. The van der Waals surface area contributed by atoms with Crippen LogP contribution in [-0.4, -0.2) is 0 Å². The van der Waals surface area contributed by atoms with Gasteiger partial charge in [0.05, 0.1) is 0 Å². The van der Waals surface area contributed by atoms with Gasteiger partial charge in [-0.05, 0) is 153 Å². The van der Waals surface area contributed by atoms with Crippen LogP contribution in [-0.2, 0) is 5.41 Å². The molecule has 4 fully saturated rings. The van der Waals surface area contributed by atoms with Crippen molar-refractivity contribution in [1.82, 2.24) is 0 Å². The van der Waals surface area contributed by atoms with E-state index in [-0.39, 0.29) is 5.41 Å². The van der Waals surface area contributed by atoms with Crippen LogP contribution in [0.4, 0.5) is 17.1 Å². The van der Waals surface area contributed by atoms with E-state index in [2.05, 4.69) is 157 Å². The first kappa shape index (κ1) is 27.8. The lowest BCUT2D eigenvalue weighted by molar-refractivity contribution is -0.0399. The lowest BCUT2D eigenvalue weighted by Crippen LogP contribution is -2.55. The molecule has 0 radical (unpaired) electrons. The smallest absolute Gasteiger partial charge is 0.0468 e. The Hall–Kier alpha value is -5.14. The third-order valence-corrected chi connectivity index (χ3v) is 13.0. The quantitative estimate of drug-likeness (QED) is 0.175. The number of anilines is 3. The normalized spacial score (nSPS) is 24.4. The van der Waals surface area contributed by atoms with Crippen molar-refractivity contribution in [1.29, 1.82) is 0 Å². The molecule has 0 N–H and O–H groups in total. The van der Waals surface area contributed by atoms with Crippen LogP contribution in [0, 0.1) is 23.7 Å². The Morgan fingerprint density at radius 2 is 1.02 bits per heavy atom. The topological polar surface area (TPSA) is 3.24 Å². The Balaban J connectivity index is 0.989. The number of hydrogen-bond acceptors (Lipinski definition) is 1. The van der Waals surface area contributed by atoms with E-state index in [9.17, 15) is 0 Å². The Morgan fingerprint density at radius 3 is 1.84 bits per heavy atom. The summed E-state index contributed by atoms with van der Waals surface area (Å²) in [5, 5.41) is 5.12. The molecule has 1 spiro atoms. The van der Waals surface area contributed by atoms with Gasteiger partial charge in [0.1, 0.15) is 0 Å². The van der Waals surface area contributed by atoms with Crippen molar-refractivity contribution in [3.8, 4) is 22.3 Å². The molecule has 236 valence electrons. The molecule has 4 saturated carbocycles. The van der Waals surface area contributed by atoms with Crippen LogP contribution >= 0.6 is 0 Å². The molecular weight excluding hydrogens is 591 g/mol. The summed E-state index contributed by atoms with van der Waals surface area (Å²) in [5.74, 6) is 3.53. The van der Waals surface area contributed by atoms with E-state index in [0.717, 1.165) is 40.7 Å². The van der Waals surface area contributed by atoms with E-state index >= 15 is 0 Å². The predicted octanol–water partition coefficient (Wildman–Crippen LogP) is 12.9. The minimum atomic E-state index is 0.226. The van der Waals surface area contributed by atoms with Crippen molar-refractivity contribution in [3.05, 3.63) is 163 Å². The molecule has 5 aliphatic rings. The first-order chi connectivity index (χ1) is 24.2. The van der Waals surface area contributed by atoms with Crippen LogP contribution in [0.25, 0.3) is 43.8 Å². The maximum absolute atomic E-state index is 2.54. The van der Waals surface area contributed by atoms with Crippen LogP contribution in [0.1, 0.15) is 43.2 Å². The van der Waals surface area contributed by atoms with Gasteiger partial charge in [0.2, 0.25) is 0 Å². The molecule has 4 bridgehead atoms. The van der Waals surface area contributed by atoms with Gasteiger partial charge in [-0.25, -0.2) is 0 Å². The van der Waals surface area contributed by atoms with Gasteiger partial charge in [0.25, 0.3) is 0 Å². The van der Waals surface area contributed by atoms with Gasteiger partial charge in [0.15, 0.2) is 0 Å². The molecule has 5 aliphatic carbocycles. The van der Waals surface area contributed by atoms with Crippen molar-refractivity contribution in [2.24, 2.45) is 23.7 Å². The number of rotatable bonds is 4. The fraction of sp³-hybridized carbons (Fsp3) is 0.208. The van der Waals surface area contributed by atoms with Crippen LogP contribution < -0.4 is 4.90 Å². The van der Waals surface area contributed by atoms with Gasteiger partial charge in [-0.2, -0.15) is 0 Å². The lowest BCUT2D eigenvalue weighted by Gasteiger charge is -2.61. The molecule has 1 heteroatoms. The van der Waals surface area contributed by atoms with E-state index in [1.165, 1.54) is 75.9 Å². The molecule has 0 amide bonds. The maximum Gasteiger partial charge on any atom is 0.0468 e. The molecule has 7 aromatic rings. The predicted molar refractivity (Wildman–Crippen MR) is 205 cm³/mol. The van der Waals surface area contributed by atoms with E-state index in [1.54, 1.807) is 11.1 Å². The van der Waals surface area contributed by atoms with E-state index in [1.807, 2.05) is 0 Å². The SMILES string of the molecule is c1ccc(N(c2ccc(-c3ccc4c(c3)-c3ccccc3C43C4CC5CC(C4)CC3C5)cc2)c2ccc3c(ccc4ccccc43)c2)cc1. The maximum atomic E-state index is 2.54. The van der Waals surface area contributed by atoms with Crippen molar-refractivity contribution in [3.63, 3.8) is 0 Å². The van der Waals surface area contributed by atoms with Crippen LogP contribution in [0.2, 0.25) is 0 Å². The molecule has 0 aliphatic heterocycles. The molecule has 0 heterocycles. The number of nitrogens with zero attached hydrogens (tertiary/aromatic N) is 1. The first-order valence-corrected chi connectivity index (χ1v) is 18.4. The minimum Gasteiger partial charge on any atom is -0.310 e. The summed E-state index contributed by atoms with van der Waals surface area (Å²) >= 11 is 0. The van der Waals surface area contributed by atoms with E-state index in [4.69, 9.17) is 0 Å². The number of hydrogen-bond donors (Lipinski definition) is 0. The standard InChI is InChI=1S/C48H39N/c1-2-9-39(10-3-1)49(41-21-22-43-36(29-41)15-14-34-8-4-5-11-42(34)43)40-19-16-33(17-20-40)35-18-23-47-45(30-35)44-12-6-7-13-46(44)48(47)37-25-31-24-32(27-37)28-38(48)26-31/h1-23,29-32,37-38H,24-28H2. The van der Waals surface area contributed by atoms with Gasteiger partial charge < -0.3 is 4.90 Å². The molecular formula is C48H39N. The largest absolute Gasteiger partial charge is 0.310 e. The Kier molecular flexibility index (Phi) is 5.91. The van der Waals surface area contributed by atoms with Crippen LogP contribution in [0.5, 0.6) is 0 Å². The van der Waals surface area contributed by atoms with Gasteiger partial charge in [-0.1, -0.05) is 109 Å². The van der Waals surface area contributed by atoms with Crippen LogP contribution in [0.15, 0.2) is 152 Å². The average molecular weight is 630 g/mol. The lowest BCUT2D eigenvalue weighted by atomic mass is 9.43. The molecule has 0 unspecified atom stereocenters. The van der Waals surface area contributed by atoms with Gasteiger partial charge in [-0.15, -0.1) is 0 Å². The number of para-hydroxylation sites is 1. The molecule has 7 aromatic carbocycles. The summed E-state index contributed by atoms with van der Waals surface area (Å²) in [4.78, 5) is 2.38. The molecule has 49 heavy (non-hydrogen) atoms. The van der Waals surface area contributed by atoms with E-state index in [0.29, 0.717) is 0 Å². The van der Waals surface area contributed by atoms with Crippen LogP contribution in [0.3, 0.4) is 0 Å². The highest BCUT2D eigenvalue weighted by Crippen LogP contribution is 2.69. The second-order valence-electron chi connectivity index (χ2n) is 15.4. The van der Waals surface area contributed by atoms with Gasteiger partial charge in [-0.3, -0.25) is 0 Å². The monoisotopic (exact) mass is 629 g/mol. The Morgan fingerprint density at radius 1 is 0.408 bits per heavy atom. The average Bonchev–Trinajstić information content (AvgIpc) is 3.44. The summed E-state index contributed by atoms with van der Waals surface area (Å²) < 4.78 is 0. The summed E-state index contributed by atoms with van der Waals surface area (Å²) in [6.45, 7) is 0. The second-order valence-corrected chi connectivity index (χ2v) is 15.4.